The third kappa shape index (κ3) is 1.42. The van der Waals surface area contributed by atoms with Crippen LogP contribution in [0.15, 0.2) is 34.9 Å². The second kappa shape index (κ2) is 3.45. The molecule has 1 aromatic heterocycles. The van der Waals surface area contributed by atoms with Crippen LogP contribution < -0.4 is 0 Å². The molecular formula is C18H20O. The first kappa shape index (κ1) is 10.5. The van der Waals surface area contributed by atoms with Crippen LogP contribution in [0.2, 0.25) is 0 Å². The van der Waals surface area contributed by atoms with E-state index in [-0.39, 0.29) is 0 Å². The van der Waals surface area contributed by atoms with Crippen molar-refractivity contribution >= 4 is 11.0 Å². The summed E-state index contributed by atoms with van der Waals surface area (Å²) in [6.45, 7) is 0. The van der Waals surface area contributed by atoms with Crippen molar-refractivity contribution in [2.75, 3.05) is 0 Å². The molecule has 0 unspecified atom stereocenters. The minimum atomic E-state index is 0.514. The van der Waals surface area contributed by atoms with E-state index >= 15 is 0 Å². The van der Waals surface area contributed by atoms with E-state index in [9.17, 15) is 0 Å². The maximum atomic E-state index is 5.49. The molecule has 1 heteroatoms. The molecule has 1 heterocycles. The highest BCUT2D eigenvalue weighted by Crippen LogP contribution is 2.60. The summed E-state index contributed by atoms with van der Waals surface area (Å²) in [4.78, 5) is 0. The smallest absolute Gasteiger partial charge is 0.133 e. The van der Waals surface area contributed by atoms with Crippen LogP contribution in [-0.4, -0.2) is 0 Å². The molecule has 0 saturated heterocycles. The third-order valence-corrected chi connectivity index (χ3v) is 6.10. The van der Waals surface area contributed by atoms with Gasteiger partial charge in [-0.2, -0.15) is 0 Å². The molecule has 0 atom stereocenters. The van der Waals surface area contributed by atoms with Gasteiger partial charge in [0.15, 0.2) is 0 Å². The minimum absolute atomic E-state index is 0.514. The summed E-state index contributed by atoms with van der Waals surface area (Å²) < 4.78 is 5.49. The molecule has 19 heavy (non-hydrogen) atoms. The Kier molecular flexibility index (Phi) is 1.91. The monoisotopic (exact) mass is 252 g/mol. The van der Waals surface area contributed by atoms with E-state index < -0.39 is 0 Å². The lowest BCUT2D eigenvalue weighted by Crippen LogP contribution is -2.48. The Morgan fingerprint density at radius 3 is 2.26 bits per heavy atom. The fourth-order valence-electron chi connectivity index (χ4n) is 5.76. The highest BCUT2D eigenvalue weighted by Gasteiger charge is 2.51. The van der Waals surface area contributed by atoms with Gasteiger partial charge in [0.2, 0.25) is 0 Å². The zero-order valence-electron chi connectivity index (χ0n) is 11.3. The molecule has 0 N–H and O–H groups in total. The number of furan rings is 1. The van der Waals surface area contributed by atoms with Crippen molar-refractivity contribution in [1.29, 1.82) is 0 Å². The molecule has 4 saturated carbocycles. The molecule has 2 aromatic rings. The lowest BCUT2D eigenvalue weighted by Gasteiger charge is -2.57. The highest BCUT2D eigenvalue weighted by atomic mass is 16.3. The van der Waals surface area contributed by atoms with Crippen LogP contribution in [0.5, 0.6) is 0 Å². The summed E-state index contributed by atoms with van der Waals surface area (Å²) in [6, 6.07) is 9.05. The predicted octanol–water partition coefficient (Wildman–Crippen LogP) is 4.90. The zero-order chi connectivity index (χ0) is 12.4. The first-order chi connectivity index (χ1) is 9.31. The fraction of sp³-hybridized carbons (Fsp3) is 0.556. The van der Waals surface area contributed by atoms with Crippen LogP contribution in [0.3, 0.4) is 0 Å². The predicted molar refractivity (Wildman–Crippen MR) is 76.1 cm³/mol. The van der Waals surface area contributed by atoms with Crippen molar-refractivity contribution in [2.24, 2.45) is 17.8 Å². The molecule has 0 aliphatic heterocycles. The van der Waals surface area contributed by atoms with Gasteiger partial charge in [0, 0.05) is 5.39 Å². The standard InChI is InChI=1S/C18H20O/c1-2-17-15(3-4-19-17)8-16(1)18-9-12-5-13(10-18)7-14(6-12)11-18/h1-4,8,12-14H,5-7,9-11H2. The summed E-state index contributed by atoms with van der Waals surface area (Å²) in [5.74, 6) is 3.06. The normalized spacial score (nSPS) is 40.1. The lowest BCUT2D eigenvalue weighted by molar-refractivity contribution is -0.00513. The SMILES string of the molecule is c1cc2cc(C34CC5CC(CC(C5)C3)C4)ccc2o1. The summed E-state index contributed by atoms with van der Waals surface area (Å²) >= 11 is 0. The Balaban J connectivity index is 1.64. The van der Waals surface area contributed by atoms with E-state index in [1.807, 2.05) is 6.26 Å². The quantitative estimate of drug-likeness (QED) is 0.703. The van der Waals surface area contributed by atoms with Gasteiger partial charge in [-0.15, -0.1) is 0 Å². The minimum Gasteiger partial charge on any atom is -0.464 e. The number of benzene rings is 1. The largest absolute Gasteiger partial charge is 0.464 e. The van der Waals surface area contributed by atoms with Crippen LogP contribution in [0.1, 0.15) is 44.1 Å². The number of hydrogen-bond donors (Lipinski definition) is 0. The van der Waals surface area contributed by atoms with Crippen LogP contribution >= 0.6 is 0 Å². The molecule has 1 aromatic carbocycles. The summed E-state index contributed by atoms with van der Waals surface area (Å²) in [6.07, 6.45) is 10.7. The first-order valence-electron chi connectivity index (χ1n) is 7.78. The molecule has 0 radical (unpaired) electrons. The van der Waals surface area contributed by atoms with Gasteiger partial charge >= 0.3 is 0 Å². The third-order valence-electron chi connectivity index (χ3n) is 6.10. The van der Waals surface area contributed by atoms with E-state index in [1.54, 1.807) is 5.56 Å². The van der Waals surface area contributed by atoms with Crippen molar-refractivity contribution < 1.29 is 4.42 Å². The topological polar surface area (TPSA) is 13.1 Å². The second-order valence-electron chi connectivity index (χ2n) is 7.37. The Morgan fingerprint density at radius 1 is 0.895 bits per heavy atom. The van der Waals surface area contributed by atoms with Crippen LogP contribution in [-0.2, 0) is 5.41 Å². The van der Waals surface area contributed by atoms with Crippen LogP contribution in [0.25, 0.3) is 11.0 Å². The van der Waals surface area contributed by atoms with Gasteiger partial charge in [-0.05, 0) is 85.5 Å². The molecule has 98 valence electrons. The number of hydrogen-bond acceptors (Lipinski definition) is 1. The maximum Gasteiger partial charge on any atom is 0.133 e. The summed E-state index contributed by atoms with van der Waals surface area (Å²) in [5.41, 5.74) is 3.15. The van der Waals surface area contributed by atoms with Gasteiger partial charge in [0.05, 0.1) is 6.26 Å². The van der Waals surface area contributed by atoms with Crippen LogP contribution in [0.4, 0.5) is 0 Å². The van der Waals surface area contributed by atoms with E-state index in [2.05, 4.69) is 24.3 Å². The highest BCUT2D eigenvalue weighted by molar-refractivity contribution is 5.78. The number of rotatable bonds is 1. The van der Waals surface area contributed by atoms with Crippen molar-refractivity contribution in [3.63, 3.8) is 0 Å². The molecule has 0 spiro atoms. The average Bonchev–Trinajstić information content (AvgIpc) is 2.84. The fourth-order valence-corrected chi connectivity index (χ4v) is 5.76. The lowest BCUT2D eigenvalue weighted by atomic mass is 9.48. The molecular weight excluding hydrogens is 232 g/mol. The van der Waals surface area contributed by atoms with Crippen molar-refractivity contribution in [1.82, 2.24) is 0 Å². The summed E-state index contributed by atoms with van der Waals surface area (Å²) in [5, 5.41) is 1.29. The van der Waals surface area contributed by atoms with Gasteiger partial charge in [-0.1, -0.05) is 6.07 Å². The first-order valence-corrected chi connectivity index (χ1v) is 7.78. The summed E-state index contributed by atoms with van der Waals surface area (Å²) in [7, 11) is 0. The molecule has 1 nitrogen and oxygen atoms in total. The van der Waals surface area contributed by atoms with Crippen molar-refractivity contribution in [2.45, 2.75) is 43.9 Å². The molecule has 4 bridgehead atoms. The maximum absolute atomic E-state index is 5.49. The average molecular weight is 252 g/mol. The molecule has 4 fully saturated rings. The Bertz CT molecular complexity index is 601. The Hall–Kier alpha value is -1.24. The van der Waals surface area contributed by atoms with E-state index in [0.717, 1.165) is 23.3 Å². The molecule has 4 aliphatic carbocycles. The van der Waals surface area contributed by atoms with Gasteiger partial charge < -0.3 is 4.42 Å². The van der Waals surface area contributed by atoms with Crippen molar-refractivity contribution in [3.05, 3.63) is 36.1 Å². The van der Waals surface area contributed by atoms with E-state index in [1.165, 1.54) is 43.9 Å². The van der Waals surface area contributed by atoms with Gasteiger partial charge in [0.1, 0.15) is 5.58 Å². The van der Waals surface area contributed by atoms with E-state index in [4.69, 9.17) is 4.42 Å². The zero-order valence-corrected chi connectivity index (χ0v) is 11.3. The number of fused-ring (bicyclic) bond motifs is 1. The van der Waals surface area contributed by atoms with Gasteiger partial charge in [-0.25, -0.2) is 0 Å². The van der Waals surface area contributed by atoms with Crippen molar-refractivity contribution in [3.8, 4) is 0 Å². The van der Waals surface area contributed by atoms with E-state index in [0.29, 0.717) is 5.41 Å². The van der Waals surface area contributed by atoms with Crippen LogP contribution in [0, 0.1) is 17.8 Å². The van der Waals surface area contributed by atoms with Gasteiger partial charge in [-0.3, -0.25) is 0 Å². The molecule has 4 aliphatic rings. The van der Waals surface area contributed by atoms with Gasteiger partial charge in [0.25, 0.3) is 0 Å². The molecule has 6 rings (SSSR count). The molecule has 0 amide bonds. The Labute approximate surface area is 114 Å². The Morgan fingerprint density at radius 2 is 1.58 bits per heavy atom. The second-order valence-corrected chi connectivity index (χ2v) is 7.37.